The molecule has 4 aromatic carbocycles. The Labute approximate surface area is 271 Å². The van der Waals surface area contributed by atoms with Crippen LogP contribution in [0.3, 0.4) is 0 Å². The van der Waals surface area contributed by atoms with Gasteiger partial charge in [-0.2, -0.15) is 26.3 Å². The van der Waals surface area contributed by atoms with Crippen molar-refractivity contribution >= 4 is 98.2 Å². The summed E-state index contributed by atoms with van der Waals surface area (Å²) in [6, 6.07) is 20.2. The highest BCUT2D eigenvalue weighted by Crippen LogP contribution is 2.40. The number of rotatable bonds is 4. The number of hydrogen-bond acceptors (Lipinski definition) is 7. The molecule has 4 aromatic heterocycles. The van der Waals surface area contributed by atoms with Gasteiger partial charge in [-0.1, -0.05) is 24.3 Å². The van der Waals surface area contributed by atoms with Crippen molar-refractivity contribution in [3.8, 4) is 21.0 Å². The second-order valence-electron chi connectivity index (χ2n) is 10.4. The van der Waals surface area contributed by atoms with Crippen LogP contribution in [0.1, 0.15) is 21.1 Å². The Kier molecular flexibility index (Phi) is 6.80. The Balaban J connectivity index is 1.02. The molecule has 8 aromatic rings. The number of aromatic nitrogens is 3. The maximum Gasteiger partial charge on any atom is 0.416 e. The molecule has 0 amide bonds. The highest BCUT2D eigenvalue weighted by atomic mass is 32.1. The average molecular weight is 696 g/mol. The minimum absolute atomic E-state index is 0.629. The topological polar surface area (TPSA) is 38.7 Å². The third-order valence-electron chi connectivity index (χ3n) is 7.28. The normalized spacial score (nSPS) is 12.9. The molecule has 0 aliphatic carbocycles. The molecule has 0 N–H and O–H groups in total. The maximum absolute atomic E-state index is 12.9. The van der Waals surface area contributed by atoms with Crippen molar-refractivity contribution in [1.29, 1.82) is 0 Å². The van der Waals surface area contributed by atoms with E-state index in [2.05, 4.69) is 11.1 Å². The van der Waals surface area contributed by atoms with Crippen LogP contribution in [-0.4, -0.2) is 15.0 Å². The predicted octanol–water partition coefficient (Wildman–Crippen LogP) is 12.3. The molecule has 0 unspecified atom stereocenters. The van der Waals surface area contributed by atoms with Gasteiger partial charge in [0.05, 0.1) is 41.8 Å². The molecule has 46 heavy (non-hydrogen) atoms. The fourth-order valence-electron chi connectivity index (χ4n) is 5.02. The number of hydrogen-bond donors (Lipinski definition) is 0. The molecule has 0 aliphatic rings. The zero-order valence-corrected chi connectivity index (χ0v) is 26.2. The Hall–Kier alpha value is -4.17. The fourth-order valence-corrected chi connectivity index (χ4v) is 8.88. The Morgan fingerprint density at radius 2 is 0.957 bits per heavy atom. The summed E-state index contributed by atoms with van der Waals surface area (Å²) in [6.07, 6.45) is -4.90. The minimum Gasteiger partial charge on any atom is -0.237 e. The molecule has 0 aliphatic heterocycles. The first-order chi connectivity index (χ1) is 22.0. The molecule has 0 fully saturated rings. The average Bonchev–Trinajstić information content (AvgIpc) is 3.80. The fraction of sp³-hybridized carbons (Fsp3) is 0.0606. The smallest absolute Gasteiger partial charge is 0.237 e. The standard InChI is InChI=1S/C33H15F6N3S4/c34-32(35,36)19-5-1-16(2-6-19)24-11-18-12-26-21(13-25(18)43-24)40-29(44-26)9-10-30-41-22-14-28-23(15-27(22)45-30)42-31(46-28)17-3-7-20(8-4-17)33(37,38)39/h1-15H/b10-9+. The molecular weight excluding hydrogens is 681 g/mol. The lowest BCUT2D eigenvalue weighted by Gasteiger charge is -2.06. The number of halogens is 6. The van der Waals surface area contributed by atoms with E-state index in [9.17, 15) is 26.3 Å². The van der Waals surface area contributed by atoms with Gasteiger partial charge >= 0.3 is 12.4 Å². The summed E-state index contributed by atoms with van der Waals surface area (Å²) in [7, 11) is 0. The largest absolute Gasteiger partial charge is 0.416 e. The van der Waals surface area contributed by atoms with Crippen LogP contribution in [0.2, 0.25) is 0 Å². The van der Waals surface area contributed by atoms with Gasteiger partial charge in [0.25, 0.3) is 0 Å². The Morgan fingerprint density at radius 3 is 1.52 bits per heavy atom. The van der Waals surface area contributed by atoms with Gasteiger partial charge in [0.2, 0.25) is 0 Å². The van der Waals surface area contributed by atoms with E-state index in [0.717, 1.165) is 85.5 Å². The van der Waals surface area contributed by atoms with E-state index in [0.29, 0.717) is 10.6 Å². The summed E-state index contributed by atoms with van der Waals surface area (Å²) in [5.41, 5.74) is 2.43. The number of thiophene rings is 1. The third-order valence-corrected chi connectivity index (χ3v) is 11.5. The van der Waals surface area contributed by atoms with E-state index in [-0.39, 0.29) is 0 Å². The van der Waals surface area contributed by atoms with Crippen LogP contribution in [0.5, 0.6) is 0 Å². The molecule has 0 radical (unpaired) electrons. The molecule has 0 bridgehead atoms. The number of alkyl halides is 6. The summed E-state index contributed by atoms with van der Waals surface area (Å²) < 4.78 is 81.5. The summed E-state index contributed by atoms with van der Waals surface area (Å²) >= 11 is 5.98. The number of fused-ring (bicyclic) bond motifs is 4. The van der Waals surface area contributed by atoms with Crippen LogP contribution in [-0.2, 0) is 12.4 Å². The monoisotopic (exact) mass is 695 g/mol. The van der Waals surface area contributed by atoms with Crippen molar-refractivity contribution in [3.05, 3.63) is 100 Å². The van der Waals surface area contributed by atoms with Crippen molar-refractivity contribution in [2.75, 3.05) is 0 Å². The maximum atomic E-state index is 12.9. The highest BCUT2D eigenvalue weighted by molar-refractivity contribution is 7.23. The molecule has 8 rings (SSSR count). The van der Waals surface area contributed by atoms with Gasteiger partial charge in [-0.05, 0) is 77.7 Å². The second-order valence-corrected chi connectivity index (χ2v) is 14.6. The first-order valence-electron chi connectivity index (χ1n) is 13.5. The lowest BCUT2D eigenvalue weighted by atomic mass is 10.1. The summed E-state index contributed by atoms with van der Waals surface area (Å²) in [6.45, 7) is 0. The van der Waals surface area contributed by atoms with Crippen molar-refractivity contribution in [3.63, 3.8) is 0 Å². The van der Waals surface area contributed by atoms with E-state index < -0.39 is 23.5 Å². The highest BCUT2D eigenvalue weighted by Gasteiger charge is 2.31. The van der Waals surface area contributed by atoms with Gasteiger partial charge in [-0.25, -0.2) is 15.0 Å². The first kappa shape index (κ1) is 29.2. The van der Waals surface area contributed by atoms with Gasteiger partial charge in [-0.3, -0.25) is 0 Å². The van der Waals surface area contributed by atoms with E-state index in [1.807, 2.05) is 36.4 Å². The van der Waals surface area contributed by atoms with Crippen molar-refractivity contribution in [2.24, 2.45) is 0 Å². The molecule has 0 saturated carbocycles. The van der Waals surface area contributed by atoms with Gasteiger partial charge in [0.1, 0.15) is 15.0 Å². The molecule has 228 valence electrons. The first-order valence-corrected chi connectivity index (χ1v) is 16.8. The van der Waals surface area contributed by atoms with Crippen molar-refractivity contribution < 1.29 is 26.3 Å². The van der Waals surface area contributed by atoms with Gasteiger partial charge in [0, 0.05) is 15.1 Å². The Bertz CT molecular complexity index is 2170. The van der Waals surface area contributed by atoms with Gasteiger partial charge in [0.15, 0.2) is 0 Å². The molecule has 0 atom stereocenters. The van der Waals surface area contributed by atoms with Gasteiger partial charge in [-0.15, -0.1) is 45.3 Å². The van der Waals surface area contributed by atoms with Crippen LogP contribution in [0.15, 0.2) is 78.9 Å². The second kappa shape index (κ2) is 10.7. The summed E-state index contributed by atoms with van der Waals surface area (Å²) in [5.74, 6) is 0. The lowest BCUT2D eigenvalue weighted by Crippen LogP contribution is -2.03. The van der Waals surface area contributed by atoms with Gasteiger partial charge < -0.3 is 0 Å². The minimum atomic E-state index is -4.38. The molecular formula is C33H15F6N3S4. The number of benzene rings is 4. The summed E-state index contributed by atoms with van der Waals surface area (Å²) in [4.78, 5) is 15.1. The van der Waals surface area contributed by atoms with Crippen LogP contribution in [0.25, 0.3) is 73.9 Å². The van der Waals surface area contributed by atoms with E-state index in [4.69, 9.17) is 9.97 Å². The zero-order chi connectivity index (χ0) is 31.8. The van der Waals surface area contributed by atoms with E-state index in [1.165, 1.54) is 58.3 Å². The van der Waals surface area contributed by atoms with Crippen LogP contribution in [0.4, 0.5) is 26.3 Å². The lowest BCUT2D eigenvalue weighted by molar-refractivity contribution is -0.138. The van der Waals surface area contributed by atoms with Crippen molar-refractivity contribution in [2.45, 2.75) is 12.4 Å². The number of thiazole rings is 3. The predicted molar refractivity (Wildman–Crippen MR) is 178 cm³/mol. The van der Waals surface area contributed by atoms with Crippen LogP contribution < -0.4 is 0 Å². The summed E-state index contributed by atoms with van der Waals surface area (Å²) in [5, 5.41) is 3.27. The van der Waals surface area contributed by atoms with Crippen LogP contribution >= 0.6 is 45.3 Å². The Morgan fingerprint density at radius 1 is 0.478 bits per heavy atom. The van der Waals surface area contributed by atoms with E-state index >= 15 is 0 Å². The molecule has 3 nitrogen and oxygen atoms in total. The molecule has 13 heteroatoms. The SMILES string of the molecule is FC(F)(F)c1ccc(-c2cc3cc4sc(/C=C/c5nc6cc7sc(-c8ccc(C(F)(F)F)cc8)nc7cc6s5)nc4cc3s2)cc1. The zero-order valence-electron chi connectivity index (χ0n) is 22.9. The molecule has 0 saturated heterocycles. The van der Waals surface area contributed by atoms with E-state index in [1.54, 1.807) is 11.3 Å². The third kappa shape index (κ3) is 5.46. The van der Waals surface area contributed by atoms with Crippen molar-refractivity contribution in [1.82, 2.24) is 15.0 Å². The quantitative estimate of drug-likeness (QED) is 0.172. The van der Waals surface area contributed by atoms with Crippen LogP contribution in [0, 0.1) is 0 Å². The molecule has 0 spiro atoms. The molecule has 4 heterocycles. The number of nitrogens with zero attached hydrogens (tertiary/aromatic N) is 3.